The number of halogens is 1. The van der Waals surface area contributed by atoms with Gasteiger partial charge < -0.3 is 24.8 Å². The van der Waals surface area contributed by atoms with Crippen molar-refractivity contribution in [2.24, 2.45) is 11.1 Å². The summed E-state index contributed by atoms with van der Waals surface area (Å²) in [5, 5.41) is 15.0. The number of nitrogens with two attached hydrogens (primary N) is 1. The monoisotopic (exact) mass is 446 g/mol. The van der Waals surface area contributed by atoms with Gasteiger partial charge in [-0.05, 0) is 35.7 Å². The van der Waals surface area contributed by atoms with Crippen LogP contribution in [-0.4, -0.2) is 38.5 Å². The van der Waals surface area contributed by atoms with Gasteiger partial charge in [-0.15, -0.1) is 0 Å². The smallest absolute Gasteiger partial charge is 0.404 e. The number of hydrogen-bond acceptors (Lipinski definition) is 8. The summed E-state index contributed by atoms with van der Waals surface area (Å²) in [5.41, 5.74) is 5.29. The number of aliphatic hydroxyl groups is 1. The van der Waals surface area contributed by atoms with E-state index in [1.165, 1.54) is 6.20 Å². The highest BCUT2D eigenvalue weighted by atomic mass is 35.5. The summed E-state index contributed by atoms with van der Waals surface area (Å²) in [5.74, 6) is 1.53. The van der Waals surface area contributed by atoms with Crippen LogP contribution in [0.15, 0.2) is 47.1 Å². The zero-order valence-electron chi connectivity index (χ0n) is 17.3. The second-order valence-electron chi connectivity index (χ2n) is 7.94. The van der Waals surface area contributed by atoms with Gasteiger partial charge in [-0.2, -0.15) is 4.98 Å². The van der Waals surface area contributed by atoms with E-state index in [0.717, 1.165) is 0 Å². The quantitative estimate of drug-likeness (QED) is 0.556. The fraction of sp³-hybridized carbons (Fsp3) is 0.333. The van der Waals surface area contributed by atoms with Crippen LogP contribution in [0.3, 0.4) is 0 Å². The highest BCUT2D eigenvalue weighted by Gasteiger charge is 2.34. The first-order valence-electron chi connectivity index (χ1n) is 9.48. The number of benzene rings is 1. The van der Waals surface area contributed by atoms with Gasteiger partial charge in [0.05, 0.1) is 17.5 Å². The lowest BCUT2D eigenvalue weighted by Gasteiger charge is -2.31. The van der Waals surface area contributed by atoms with Crippen LogP contribution < -0.4 is 10.5 Å². The van der Waals surface area contributed by atoms with Gasteiger partial charge in [0.25, 0.3) is 0 Å². The number of carbonyl (C=O) groups excluding carboxylic acids is 1. The summed E-state index contributed by atoms with van der Waals surface area (Å²) in [7, 11) is 0. The van der Waals surface area contributed by atoms with Gasteiger partial charge in [0.1, 0.15) is 11.9 Å². The molecule has 9 nitrogen and oxygen atoms in total. The molecule has 2 unspecified atom stereocenters. The van der Waals surface area contributed by atoms with Crippen LogP contribution >= 0.6 is 11.6 Å². The van der Waals surface area contributed by atoms with Gasteiger partial charge >= 0.3 is 6.09 Å². The fourth-order valence-corrected chi connectivity index (χ4v) is 2.88. The third kappa shape index (κ3) is 6.16. The van der Waals surface area contributed by atoms with E-state index in [4.69, 9.17) is 31.3 Å². The van der Waals surface area contributed by atoms with Crippen LogP contribution in [0.1, 0.15) is 26.7 Å². The van der Waals surface area contributed by atoms with Crippen molar-refractivity contribution >= 4 is 17.7 Å². The number of aromatic nitrogens is 3. The summed E-state index contributed by atoms with van der Waals surface area (Å²) >= 11 is 5.82. The summed E-state index contributed by atoms with van der Waals surface area (Å²) in [6, 6.07) is 10.4. The minimum atomic E-state index is -0.987. The molecule has 1 aromatic carbocycles. The van der Waals surface area contributed by atoms with E-state index in [-0.39, 0.29) is 12.3 Å². The Bertz CT molecular complexity index is 1020. The highest BCUT2D eigenvalue weighted by Crippen LogP contribution is 2.27. The lowest BCUT2D eigenvalue weighted by molar-refractivity contribution is -0.0509. The second-order valence-corrected chi connectivity index (χ2v) is 8.38. The van der Waals surface area contributed by atoms with Gasteiger partial charge in [0.2, 0.25) is 17.6 Å². The summed E-state index contributed by atoms with van der Waals surface area (Å²) in [4.78, 5) is 19.6. The summed E-state index contributed by atoms with van der Waals surface area (Å²) in [6.45, 7) is 5.45. The van der Waals surface area contributed by atoms with E-state index in [1.54, 1.807) is 36.4 Å². The fourth-order valence-electron chi connectivity index (χ4n) is 2.77. The molecule has 0 radical (unpaired) electrons. The van der Waals surface area contributed by atoms with Crippen molar-refractivity contribution in [3.63, 3.8) is 0 Å². The van der Waals surface area contributed by atoms with Crippen LogP contribution in [0.4, 0.5) is 4.79 Å². The van der Waals surface area contributed by atoms with E-state index >= 15 is 0 Å². The standard InChI is InChI=1S/C21H23ClN4O5/c1-21(2,3)18(27)15(30-20(23)28)10-17-25-19(26-31-17)12-4-7-14(8-5-12)29-16-9-6-13(22)11-24-16/h4-9,11,15,18,27H,10H2,1-3H3,(H2,23,28). The third-order valence-corrected chi connectivity index (χ3v) is 4.61. The molecule has 0 saturated heterocycles. The van der Waals surface area contributed by atoms with E-state index in [0.29, 0.717) is 28.0 Å². The van der Waals surface area contributed by atoms with Crippen molar-refractivity contribution in [2.45, 2.75) is 39.4 Å². The Labute approximate surface area is 184 Å². The zero-order chi connectivity index (χ0) is 22.6. The number of primary amides is 1. The molecule has 1 amide bonds. The molecule has 0 aliphatic heterocycles. The maximum atomic E-state index is 11.2. The van der Waals surface area contributed by atoms with E-state index in [2.05, 4.69) is 15.1 Å². The van der Waals surface area contributed by atoms with Crippen molar-refractivity contribution in [2.75, 3.05) is 0 Å². The van der Waals surface area contributed by atoms with Crippen LogP contribution in [0, 0.1) is 5.41 Å². The van der Waals surface area contributed by atoms with Crippen LogP contribution in [0.25, 0.3) is 11.4 Å². The predicted molar refractivity (Wildman–Crippen MR) is 113 cm³/mol. The van der Waals surface area contributed by atoms with Crippen molar-refractivity contribution in [3.8, 4) is 23.0 Å². The maximum Gasteiger partial charge on any atom is 0.404 e. The van der Waals surface area contributed by atoms with Crippen LogP contribution in [-0.2, 0) is 11.2 Å². The Kier molecular flexibility index (Phi) is 6.77. The molecule has 31 heavy (non-hydrogen) atoms. The van der Waals surface area contributed by atoms with Gasteiger partial charge in [-0.25, -0.2) is 9.78 Å². The minimum absolute atomic E-state index is 0.0256. The zero-order valence-corrected chi connectivity index (χ0v) is 18.0. The Morgan fingerprint density at radius 2 is 1.94 bits per heavy atom. The Balaban J connectivity index is 1.70. The first-order chi connectivity index (χ1) is 14.6. The highest BCUT2D eigenvalue weighted by molar-refractivity contribution is 6.30. The average molecular weight is 447 g/mol. The molecule has 3 rings (SSSR count). The molecule has 0 spiro atoms. The molecule has 2 atom stereocenters. The molecule has 0 aliphatic carbocycles. The number of carbonyl (C=O) groups is 1. The molecule has 10 heteroatoms. The Hall–Kier alpha value is -3.17. The number of ether oxygens (including phenoxy) is 2. The first-order valence-corrected chi connectivity index (χ1v) is 9.86. The number of pyridine rings is 1. The summed E-state index contributed by atoms with van der Waals surface area (Å²) < 4.78 is 16.0. The molecule has 0 bridgehead atoms. The Morgan fingerprint density at radius 1 is 1.23 bits per heavy atom. The molecule has 0 fully saturated rings. The molecule has 2 aromatic heterocycles. The minimum Gasteiger partial charge on any atom is -0.443 e. The van der Waals surface area contributed by atoms with Crippen molar-refractivity contribution in [1.29, 1.82) is 0 Å². The Morgan fingerprint density at radius 3 is 2.52 bits per heavy atom. The molecule has 3 N–H and O–H groups in total. The molecular weight excluding hydrogens is 424 g/mol. The SMILES string of the molecule is CC(C)(C)C(O)C(Cc1nc(-c2ccc(Oc3ccc(Cl)cn3)cc2)no1)OC(N)=O. The van der Waals surface area contributed by atoms with Gasteiger partial charge in [0, 0.05) is 17.8 Å². The number of aliphatic hydroxyl groups excluding tert-OH is 1. The number of amides is 1. The van der Waals surface area contributed by atoms with E-state index in [1.807, 2.05) is 20.8 Å². The molecule has 2 heterocycles. The first kappa shape index (κ1) is 22.5. The lowest BCUT2D eigenvalue weighted by atomic mass is 9.85. The molecule has 164 valence electrons. The number of nitrogens with zero attached hydrogens (tertiary/aromatic N) is 3. The largest absolute Gasteiger partial charge is 0.443 e. The molecule has 3 aromatic rings. The topological polar surface area (TPSA) is 134 Å². The maximum absolute atomic E-state index is 11.2. The molecular formula is C21H23ClN4O5. The van der Waals surface area contributed by atoms with E-state index in [9.17, 15) is 9.90 Å². The normalized spacial score (nSPS) is 13.5. The third-order valence-electron chi connectivity index (χ3n) is 4.39. The van der Waals surface area contributed by atoms with Gasteiger partial charge in [-0.1, -0.05) is 37.5 Å². The average Bonchev–Trinajstić information content (AvgIpc) is 3.17. The molecule has 0 aliphatic rings. The van der Waals surface area contributed by atoms with Crippen molar-refractivity contribution in [3.05, 3.63) is 53.5 Å². The number of rotatable bonds is 7. The second kappa shape index (κ2) is 9.32. The molecule has 0 saturated carbocycles. The van der Waals surface area contributed by atoms with Crippen LogP contribution in [0.2, 0.25) is 5.02 Å². The predicted octanol–water partition coefficient (Wildman–Crippen LogP) is 3.99. The summed E-state index contributed by atoms with van der Waals surface area (Å²) in [6.07, 6.45) is -1.36. The van der Waals surface area contributed by atoms with E-state index < -0.39 is 23.7 Å². The van der Waals surface area contributed by atoms with Gasteiger partial charge in [0.15, 0.2) is 0 Å². The van der Waals surface area contributed by atoms with Gasteiger partial charge in [-0.3, -0.25) is 0 Å². The van der Waals surface area contributed by atoms with Crippen LogP contribution in [0.5, 0.6) is 11.6 Å². The number of hydrogen-bond donors (Lipinski definition) is 2. The van der Waals surface area contributed by atoms with Crippen molar-refractivity contribution < 1.29 is 23.9 Å². The lowest BCUT2D eigenvalue weighted by Crippen LogP contribution is -2.42. The van der Waals surface area contributed by atoms with Crippen molar-refractivity contribution in [1.82, 2.24) is 15.1 Å².